The number of rotatable bonds is 2. The van der Waals surface area contributed by atoms with Crippen LogP contribution in [-0.4, -0.2) is 18.2 Å². The zero-order valence-electron chi connectivity index (χ0n) is 11.5. The Balaban J connectivity index is 3.25. The molecule has 1 aromatic carbocycles. The second-order valence-corrected chi connectivity index (χ2v) is 5.07. The normalized spacial score (nSPS) is 10.8. The minimum atomic E-state index is -1.05. The SMILES string of the molecule is C#CCN(C(=O)OC(C)(C)C)c1c(F)ccc(N)c1F. The van der Waals surface area contributed by atoms with Crippen molar-refractivity contribution in [3.8, 4) is 12.3 Å². The number of benzene rings is 1. The number of nitrogens with zero attached hydrogens (tertiary/aromatic N) is 1. The van der Waals surface area contributed by atoms with Gasteiger partial charge in [0.15, 0.2) is 5.82 Å². The molecule has 1 rings (SSSR count). The minimum Gasteiger partial charge on any atom is -0.443 e. The third-order valence-electron chi connectivity index (χ3n) is 2.23. The van der Waals surface area contributed by atoms with E-state index < -0.39 is 29.0 Å². The molecule has 4 nitrogen and oxygen atoms in total. The van der Waals surface area contributed by atoms with Crippen molar-refractivity contribution < 1.29 is 18.3 Å². The number of nitrogen functional groups attached to an aromatic ring is 1. The van der Waals surface area contributed by atoms with Gasteiger partial charge in [-0.3, -0.25) is 4.90 Å². The average Bonchev–Trinajstić information content (AvgIpc) is 2.31. The van der Waals surface area contributed by atoms with Gasteiger partial charge >= 0.3 is 6.09 Å². The first-order chi connectivity index (χ1) is 9.17. The fraction of sp³-hybridized carbons (Fsp3) is 0.357. The molecule has 0 aromatic heterocycles. The van der Waals surface area contributed by atoms with Crippen LogP contribution < -0.4 is 10.6 Å². The van der Waals surface area contributed by atoms with Crippen LogP contribution in [0.1, 0.15) is 20.8 Å². The first-order valence-electron chi connectivity index (χ1n) is 5.85. The van der Waals surface area contributed by atoms with Crippen molar-refractivity contribution in [3.05, 3.63) is 23.8 Å². The zero-order valence-corrected chi connectivity index (χ0v) is 11.5. The second kappa shape index (κ2) is 5.78. The van der Waals surface area contributed by atoms with Crippen molar-refractivity contribution in [2.24, 2.45) is 0 Å². The van der Waals surface area contributed by atoms with Crippen LogP contribution in [0.5, 0.6) is 0 Å². The van der Waals surface area contributed by atoms with Gasteiger partial charge in [-0.1, -0.05) is 5.92 Å². The highest BCUT2D eigenvalue weighted by Crippen LogP contribution is 2.28. The van der Waals surface area contributed by atoms with Gasteiger partial charge in [-0.2, -0.15) is 0 Å². The summed E-state index contributed by atoms with van der Waals surface area (Å²) >= 11 is 0. The number of halogens is 2. The molecule has 0 fully saturated rings. The first-order valence-corrected chi connectivity index (χ1v) is 5.85. The quantitative estimate of drug-likeness (QED) is 0.670. The number of anilines is 2. The molecule has 1 amide bonds. The van der Waals surface area contributed by atoms with Crippen LogP contribution in [0.3, 0.4) is 0 Å². The third-order valence-corrected chi connectivity index (χ3v) is 2.23. The van der Waals surface area contributed by atoms with Crippen LogP contribution >= 0.6 is 0 Å². The van der Waals surface area contributed by atoms with Crippen molar-refractivity contribution in [1.82, 2.24) is 0 Å². The Labute approximate surface area is 116 Å². The maximum atomic E-state index is 13.9. The van der Waals surface area contributed by atoms with E-state index >= 15 is 0 Å². The number of carbonyl (C=O) groups is 1. The lowest BCUT2D eigenvalue weighted by Gasteiger charge is -2.26. The van der Waals surface area contributed by atoms with Crippen LogP contribution in [-0.2, 0) is 4.74 Å². The van der Waals surface area contributed by atoms with Gasteiger partial charge in [-0.25, -0.2) is 13.6 Å². The fourth-order valence-electron chi connectivity index (χ4n) is 1.45. The van der Waals surface area contributed by atoms with Gasteiger partial charge in [0.1, 0.15) is 17.1 Å². The van der Waals surface area contributed by atoms with Crippen LogP contribution in [0, 0.1) is 24.0 Å². The number of hydrogen-bond acceptors (Lipinski definition) is 3. The first kappa shape index (κ1) is 15.8. The minimum absolute atomic E-state index is 0.285. The number of carbonyl (C=O) groups excluding carboxylic acids is 1. The van der Waals surface area contributed by atoms with E-state index in [0.717, 1.165) is 12.1 Å². The third kappa shape index (κ3) is 3.60. The maximum absolute atomic E-state index is 13.9. The van der Waals surface area contributed by atoms with Gasteiger partial charge in [0.25, 0.3) is 0 Å². The Morgan fingerprint density at radius 1 is 1.45 bits per heavy atom. The van der Waals surface area contributed by atoms with Crippen molar-refractivity contribution in [2.75, 3.05) is 17.2 Å². The molecule has 0 radical (unpaired) electrons. The maximum Gasteiger partial charge on any atom is 0.415 e. The van der Waals surface area contributed by atoms with E-state index in [9.17, 15) is 13.6 Å². The molecule has 0 saturated heterocycles. The molecule has 2 N–H and O–H groups in total. The predicted molar refractivity (Wildman–Crippen MR) is 73.2 cm³/mol. The summed E-state index contributed by atoms with van der Waals surface area (Å²) < 4.78 is 32.8. The largest absolute Gasteiger partial charge is 0.443 e. The molecule has 0 heterocycles. The Morgan fingerprint density at radius 2 is 2.05 bits per heavy atom. The highest BCUT2D eigenvalue weighted by Gasteiger charge is 2.28. The van der Waals surface area contributed by atoms with Gasteiger partial charge in [0.05, 0.1) is 12.2 Å². The van der Waals surface area contributed by atoms with Crippen molar-refractivity contribution in [2.45, 2.75) is 26.4 Å². The molecule has 0 aliphatic carbocycles. The fourth-order valence-corrected chi connectivity index (χ4v) is 1.45. The summed E-state index contributed by atoms with van der Waals surface area (Å²) in [6.07, 6.45) is 4.19. The van der Waals surface area contributed by atoms with Crippen LogP contribution in [0.2, 0.25) is 0 Å². The van der Waals surface area contributed by atoms with Gasteiger partial charge < -0.3 is 10.5 Å². The number of hydrogen-bond donors (Lipinski definition) is 1. The zero-order chi connectivity index (χ0) is 15.5. The molecule has 0 bridgehead atoms. The van der Waals surface area contributed by atoms with Gasteiger partial charge in [0, 0.05) is 0 Å². The monoisotopic (exact) mass is 282 g/mol. The van der Waals surface area contributed by atoms with E-state index in [-0.39, 0.29) is 12.2 Å². The van der Waals surface area contributed by atoms with Crippen LogP contribution in [0.15, 0.2) is 12.1 Å². The standard InChI is InChI=1S/C14H16F2N2O2/c1-5-8-18(13(19)20-14(2,3)4)12-9(15)6-7-10(17)11(12)16/h1,6-7H,8,17H2,2-4H3. The van der Waals surface area contributed by atoms with Crippen molar-refractivity contribution >= 4 is 17.5 Å². The van der Waals surface area contributed by atoms with Crippen LogP contribution in [0.4, 0.5) is 25.0 Å². The lowest BCUT2D eigenvalue weighted by atomic mass is 10.2. The van der Waals surface area contributed by atoms with E-state index in [0.29, 0.717) is 4.90 Å². The topological polar surface area (TPSA) is 55.6 Å². The molecule has 1 aromatic rings. The van der Waals surface area contributed by atoms with Crippen molar-refractivity contribution in [1.29, 1.82) is 0 Å². The van der Waals surface area contributed by atoms with Crippen LogP contribution in [0.25, 0.3) is 0 Å². The molecule has 108 valence electrons. The highest BCUT2D eigenvalue weighted by molar-refractivity contribution is 5.89. The molecule has 0 saturated carbocycles. The summed E-state index contributed by atoms with van der Waals surface area (Å²) in [6, 6.07) is 2.03. The van der Waals surface area contributed by atoms with E-state index in [2.05, 4.69) is 5.92 Å². The molecule has 0 aliphatic rings. The van der Waals surface area contributed by atoms with E-state index in [1.54, 1.807) is 20.8 Å². The number of amides is 1. The molecular formula is C14H16F2N2O2. The van der Waals surface area contributed by atoms with Gasteiger partial charge in [-0.05, 0) is 32.9 Å². The van der Waals surface area contributed by atoms with E-state index in [1.165, 1.54) is 0 Å². The Morgan fingerprint density at radius 3 is 2.55 bits per heavy atom. The molecule has 0 unspecified atom stereocenters. The summed E-state index contributed by atoms with van der Waals surface area (Å²) in [5.41, 5.74) is 3.66. The lowest BCUT2D eigenvalue weighted by Crippen LogP contribution is -2.38. The Bertz CT molecular complexity index is 560. The summed E-state index contributed by atoms with van der Waals surface area (Å²) in [5.74, 6) is 0.161. The summed E-state index contributed by atoms with van der Waals surface area (Å²) in [6.45, 7) is 4.55. The average molecular weight is 282 g/mol. The number of ether oxygens (including phenoxy) is 1. The Kier molecular flexibility index (Phi) is 4.56. The number of nitrogens with two attached hydrogens (primary N) is 1. The number of terminal acetylenes is 1. The second-order valence-electron chi connectivity index (χ2n) is 5.07. The van der Waals surface area contributed by atoms with Gasteiger partial charge in [0.2, 0.25) is 0 Å². The predicted octanol–water partition coefficient (Wildman–Crippen LogP) is 2.92. The molecule has 20 heavy (non-hydrogen) atoms. The highest BCUT2D eigenvalue weighted by atomic mass is 19.1. The summed E-state index contributed by atoms with van der Waals surface area (Å²) in [5, 5.41) is 0. The molecular weight excluding hydrogens is 266 g/mol. The molecule has 0 spiro atoms. The lowest BCUT2D eigenvalue weighted by molar-refractivity contribution is 0.0582. The van der Waals surface area contributed by atoms with Crippen molar-refractivity contribution in [3.63, 3.8) is 0 Å². The smallest absolute Gasteiger partial charge is 0.415 e. The van der Waals surface area contributed by atoms with E-state index in [4.69, 9.17) is 16.9 Å². The molecule has 0 atom stereocenters. The van der Waals surface area contributed by atoms with Gasteiger partial charge in [-0.15, -0.1) is 6.42 Å². The Hall–Kier alpha value is -2.29. The van der Waals surface area contributed by atoms with E-state index in [1.807, 2.05) is 0 Å². The summed E-state index contributed by atoms with van der Waals surface area (Å²) in [7, 11) is 0. The summed E-state index contributed by atoms with van der Waals surface area (Å²) in [4.78, 5) is 12.7. The molecule has 6 heteroatoms. The molecule has 0 aliphatic heterocycles.